The number of rotatable bonds is 2. The maximum absolute atomic E-state index is 13.5. The van der Waals surface area contributed by atoms with E-state index in [0.717, 1.165) is 31.8 Å². The van der Waals surface area contributed by atoms with Crippen LogP contribution in [0.2, 0.25) is 0 Å². The molecule has 1 aliphatic rings. The Kier molecular flexibility index (Phi) is 4.92. The van der Waals surface area contributed by atoms with E-state index in [1.807, 2.05) is 6.07 Å². The number of hydrogen-bond donors (Lipinski definition) is 1. The summed E-state index contributed by atoms with van der Waals surface area (Å²) in [6, 6.07) is 4.92. The summed E-state index contributed by atoms with van der Waals surface area (Å²) in [5.74, 6) is 5.37. The van der Waals surface area contributed by atoms with E-state index in [2.05, 4.69) is 23.7 Å². The van der Waals surface area contributed by atoms with Crippen molar-refractivity contribution in [1.29, 1.82) is 0 Å². The second-order valence-corrected chi connectivity index (χ2v) is 4.77. The van der Waals surface area contributed by atoms with E-state index in [9.17, 15) is 4.39 Å². The molecule has 0 aliphatic carbocycles. The third-order valence-electron chi connectivity index (χ3n) is 3.02. The minimum Gasteiger partial charge on any atom is -0.376 e. The number of nitrogens with two attached hydrogens (primary N) is 1. The molecule has 2 N–H and O–H groups in total. The van der Waals surface area contributed by atoms with Crippen LogP contribution in [0.3, 0.4) is 0 Å². The van der Waals surface area contributed by atoms with Gasteiger partial charge in [0.15, 0.2) is 0 Å². The van der Waals surface area contributed by atoms with Crippen molar-refractivity contribution in [2.24, 2.45) is 5.73 Å². The van der Waals surface area contributed by atoms with Crippen LogP contribution in [0, 0.1) is 17.7 Å². The SMILES string of the molecule is CC1CN(Cc2cc(F)cc(C#CCN)c2)CCO1. The molecule has 1 aromatic rings. The summed E-state index contributed by atoms with van der Waals surface area (Å²) in [4.78, 5) is 2.27. The molecule has 19 heavy (non-hydrogen) atoms. The first-order valence-electron chi connectivity index (χ1n) is 6.50. The Hall–Kier alpha value is -1.41. The van der Waals surface area contributed by atoms with Crippen LogP contribution in [0.5, 0.6) is 0 Å². The van der Waals surface area contributed by atoms with Crippen LogP contribution in [0.25, 0.3) is 0 Å². The molecule has 4 heteroatoms. The smallest absolute Gasteiger partial charge is 0.124 e. The van der Waals surface area contributed by atoms with E-state index in [0.29, 0.717) is 5.56 Å². The maximum atomic E-state index is 13.5. The average molecular weight is 262 g/mol. The summed E-state index contributed by atoms with van der Waals surface area (Å²) in [7, 11) is 0. The molecule has 0 bridgehead atoms. The van der Waals surface area contributed by atoms with Gasteiger partial charge in [-0.25, -0.2) is 4.39 Å². The molecule has 102 valence electrons. The lowest BCUT2D eigenvalue weighted by Gasteiger charge is -2.31. The summed E-state index contributed by atoms with van der Waals surface area (Å²) in [6.45, 7) is 5.55. The van der Waals surface area contributed by atoms with Gasteiger partial charge in [0.2, 0.25) is 0 Å². The zero-order valence-corrected chi connectivity index (χ0v) is 11.2. The lowest BCUT2D eigenvalue weighted by atomic mass is 10.1. The minimum atomic E-state index is -0.250. The normalized spacial score (nSPS) is 19.8. The molecule has 1 aliphatic heterocycles. The van der Waals surface area contributed by atoms with E-state index in [1.54, 1.807) is 6.07 Å². The predicted molar refractivity (Wildman–Crippen MR) is 73.0 cm³/mol. The van der Waals surface area contributed by atoms with E-state index in [-0.39, 0.29) is 18.5 Å². The Morgan fingerprint density at radius 3 is 3.05 bits per heavy atom. The molecule has 1 aromatic carbocycles. The molecule has 1 unspecified atom stereocenters. The topological polar surface area (TPSA) is 38.5 Å². The molecule has 0 amide bonds. The molecule has 3 nitrogen and oxygen atoms in total. The highest BCUT2D eigenvalue weighted by Gasteiger charge is 2.16. The Morgan fingerprint density at radius 1 is 1.47 bits per heavy atom. The molecular formula is C15H19FN2O. The van der Waals surface area contributed by atoms with E-state index < -0.39 is 0 Å². The fourth-order valence-electron chi connectivity index (χ4n) is 2.26. The van der Waals surface area contributed by atoms with Crippen LogP contribution in [-0.4, -0.2) is 37.2 Å². The molecule has 0 radical (unpaired) electrons. The number of benzene rings is 1. The van der Waals surface area contributed by atoms with Crippen molar-refractivity contribution in [3.05, 3.63) is 35.1 Å². The van der Waals surface area contributed by atoms with Gasteiger partial charge in [-0.3, -0.25) is 4.90 Å². The quantitative estimate of drug-likeness (QED) is 0.818. The molecule has 1 saturated heterocycles. The molecule has 2 rings (SSSR count). The highest BCUT2D eigenvalue weighted by molar-refractivity contribution is 5.38. The number of halogens is 1. The summed E-state index contributed by atoms with van der Waals surface area (Å²) < 4.78 is 19.0. The number of morpholine rings is 1. The van der Waals surface area contributed by atoms with Gasteiger partial charge in [-0.15, -0.1) is 0 Å². The van der Waals surface area contributed by atoms with Crippen LogP contribution in [0.4, 0.5) is 4.39 Å². The summed E-state index contributed by atoms with van der Waals surface area (Å²) in [6.07, 6.45) is 0.235. The van der Waals surface area contributed by atoms with Gasteiger partial charge >= 0.3 is 0 Å². The van der Waals surface area contributed by atoms with Crippen LogP contribution in [0.15, 0.2) is 18.2 Å². The van der Waals surface area contributed by atoms with Crippen LogP contribution in [0.1, 0.15) is 18.1 Å². The van der Waals surface area contributed by atoms with E-state index in [1.165, 1.54) is 6.07 Å². The van der Waals surface area contributed by atoms with Gasteiger partial charge in [0.1, 0.15) is 5.82 Å². The zero-order valence-electron chi connectivity index (χ0n) is 11.2. The second kappa shape index (κ2) is 6.67. The van der Waals surface area contributed by atoms with Crippen molar-refractivity contribution in [1.82, 2.24) is 4.90 Å². The van der Waals surface area contributed by atoms with Crippen molar-refractivity contribution in [3.8, 4) is 11.8 Å². The third kappa shape index (κ3) is 4.32. The summed E-state index contributed by atoms with van der Waals surface area (Å²) >= 11 is 0. The second-order valence-electron chi connectivity index (χ2n) is 4.77. The van der Waals surface area contributed by atoms with Crippen molar-refractivity contribution >= 4 is 0 Å². The lowest BCUT2D eigenvalue weighted by molar-refractivity contribution is -0.0212. The highest BCUT2D eigenvalue weighted by atomic mass is 19.1. The van der Waals surface area contributed by atoms with Crippen molar-refractivity contribution in [2.75, 3.05) is 26.2 Å². The van der Waals surface area contributed by atoms with Crippen molar-refractivity contribution in [2.45, 2.75) is 19.6 Å². The molecule has 0 saturated carbocycles. The predicted octanol–water partition coefficient (Wildman–Crippen LogP) is 1.36. The average Bonchev–Trinajstić information content (AvgIpc) is 2.35. The number of ether oxygens (including phenoxy) is 1. The first-order valence-corrected chi connectivity index (χ1v) is 6.50. The number of nitrogens with zero attached hydrogens (tertiary/aromatic N) is 1. The Labute approximate surface area is 113 Å². The van der Waals surface area contributed by atoms with Crippen molar-refractivity contribution in [3.63, 3.8) is 0 Å². The van der Waals surface area contributed by atoms with Crippen LogP contribution >= 0.6 is 0 Å². The first kappa shape index (κ1) is 14.0. The summed E-state index contributed by atoms with van der Waals surface area (Å²) in [5, 5.41) is 0. The van der Waals surface area contributed by atoms with Gasteiger partial charge in [-0.2, -0.15) is 0 Å². The maximum Gasteiger partial charge on any atom is 0.124 e. The number of hydrogen-bond acceptors (Lipinski definition) is 3. The molecular weight excluding hydrogens is 243 g/mol. The fourth-order valence-corrected chi connectivity index (χ4v) is 2.26. The zero-order chi connectivity index (χ0) is 13.7. The minimum absolute atomic E-state index is 0.235. The fraction of sp³-hybridized carbons (Fsp3) is 0.467. The summed E-state index contributed by atoms with van der Waals surface area (Å²) in [5.41, 5.74) is 6.95. The van der Waals surface area contributed by atoms with Gasteiger partial charge in [0, 0.05) is 25.2 Å². The van der Waals surface area contributed by atoms with E-state index in [4.69, 9.17) is 10.5 Å². The van der Waals surface area contributed by atoms with E-state index >= 15 is 0 Å². The molecule has 0 aromatic heterocycles. The molecule has 1 fully saturated rings. The molecule has 1 atom stereocenters. The van der Waals surface area contributed by atoms with Gasteiger partial charge in [0.05, 0.1) is 19.3 Å². The van der Waals surface area contributed by atoms with Crippen LogP contribution in [-0.2, 0) is 11.3 Å². The molecule has 1 heterocycles. The van der Waals surface area contributed by atoms with Gasteiger partial charge in [-0.1, -0.05) is 11.8 Å². The highest BCUT2D eigenvalue weighted by Crippen LogP contribution is 2.13. The Balaban J connectivity index is 2.09. The van der Waals surface area contributed by atoms with Gasteiger partial charge < -0.3 is 10.5 Å². The van der Waals surface area contributed by atoms with Gasteiger partial charge in [-0.05, 0) is 30.7 Å². The molecule has 0 spiro atoms. The largest absolute Gasteiger partial charge is 0.376 e. The standard InChI is InChI=1S/C15H19FN2O/c1-12-10-18(5-6-19-12)11-14-7-13(3-2-4-17)8-15(16)9-14/h7-9,12H,4-6,10-11,17H2,1H3. The van der Waals surface area contributed by atoms with Crippen LogP contribution < -0.4 is 5.73 Å². The Morgan fingerprint density at radius 2 is 2.32 bits per heavy atom. The lowest BCUT2D eigenvalue weighted by Crippen LogP contribution is -2.40. The van der Waals surface area contributed by atoms with Crippen molar-refractivity contribution < 1.29 is 9.13 Å². The Bertz CT molecular complexity index is 493. The third-order valence-corrected chi connectivity index (χ3v) is 3.02. The first-order chi connectivity index (χ1) is 9.17. The monoisotopic (exact) mass is 262 g/mol. The van der Waals surface area contributed by atoms with Gasteiger partial charge in [0.25, 0.3) is 0 Å².